The molecular formula is C28H21F3O6. The molecule has 0 radical (unpaired) electrons. The summed E-state index contributed by atoms with van der Waals surface area (Å²) in [5, 5.41) is -0.165. The number of ether oxygens (including phenoxy) is 3. The SMILES string of the molecule is COc1ccc(C=CC(=O)Oc2ccc3c(=O)c(Oc4cc(C)ccc4C)c(C(F)(F)F)oc3c2)cc1. The number of benzene rings is 3. The van der Waals surface area contributed by atoms with E-state index in [4.69, 9.17) is 18.6 Å². The van der Waals surface area contributed by atoms with E-state index < -0.39 is 34.7 Å². The van der Waals surface area contributed by atoms with Crippen molar-refractivity contribution in [2.75, 3.05) is 7.11 Å². The molecule has 190 valence electrons. The van der Waals surface area contributed by atoms with E-state index in [0.717, 1.165) is 17.7 Å². The van der Waals surface area contributed by atoms with Crippen molar-refractivity contribution in [2.45, 2.75) is 20.0 Å². The lowest BCUT2D eigenvalue weighted by atomic mass is 10.1. The molecular weight excluding hydrogens is 489 g/mol. The molecule has 3 aromatic carbocycles. The van der Waals surface area contributed by atoms with Crippen LogP contribution in [0.3, 0.4) is 0 Å². The minimum absolute atomic E-state index is 0.101. The molecule has 0 aliphatic heterocycles. The molecule has 0 N–H and O–H groups in total. The predicted octanol–water partition coefficient (Wildman–Crippen LogP) is 6.85. The number of aryl methyl sites for hydroxylation is 2. The van der Waals surface area contributed by atoms with E-state index in [9.17, 15) is 22.8 Å². The van der Waals surface area contributed by atoms with Gasteiger partial charge in [0, 0.05) is 12.1 Å². The van der Waals surface area contributed by atoms with Gasteiger partial charge in [-0.05, 0) is 66.9 Å². The normalized spacial score (nSPS) is 11.6. The summed E-state index contributed by atoms with van der Waals surface area (Å²) in [6.07, 6.45) is -2.36. The number of hydrogen-bond acceptors (Lipinski definition) is 6. The Bertz CT molecular complexity index is 1550. The van der Waals surface area contributed by atoms with Gasteiger partial charge in [0.2, 0.25) is 11.2 Å². The Kier molecular flexibility index (Phi) is 7.06. The lowest BCUT2D eigenvalue weighted by molar-refractivity contribution is -0.154. The molecule has 37 heavy (non-hydrogen) atoms. The third-order valence-electron chi connectivity index (χ3n) is 5.38. The molecule has 1 heterocycles. The van der Waals surface area contributed by atoms with Gasteiger partial charge in [0.05, 0.1) is 12.5 Å². The summed E-state index contributed by atoms with van der Waals surface area (Å²) in [7, 11) is 1.53. The fraction of sp³-hybridized carbons (Fsp3) is 0.143. The first-order chi connectivity index (χ1) is 17.5. The van der Waals surface area contributed by atoms with Crippen LogP contribution in [-0.4, -0.2) is 13.1 Å². The quantitative estimate of drug-likeness (QED) is 0.160. The lowest BCUT2D eigenvalue weighted by Gasteiger charge is -2.15. The summed E-state index contributed by atoms with van der Waals surface area (Å²) < 4.78 is 62.3. The van der Waals surface area contributed by atoms with Gasteiger partial charge in [0.15, 0.2) is 0 Å². The van der Waals surface area contributed by atoms with Gasteiger partial charge < -0.3 is 18.6 Å². The van der Waals surface area contributed by atoms with E-state index in [2.05, 4.69) is 0 Å². The number of methoxy groups -OCH3 is 1. The van der Waals surface area contributed by atoms with E-state index in [-0.39, 0.29) is 16.9 Å². The van der Waals surface area contributed by atoms with Crippen LogP contribution in [0.5, 0.6) is 23.0 Å². The summed E-state index contributed by atoms with van der Waals surface area (Å²) in [4.78, 5) is 25.3. The summed E-state index contributed by atoms with van der Waals surface area (Å²) in [6, 6.07) is 15.4. The molecule has 0 fully saturated rings. The lowest BCUT2D eigenvalue weighted by Crippen LogP contribution is -2.16. The van der Waals surface area contributed by atoms with Crippen molar-refractivity contribution in [3.8, 4) is 23.0 Å². The molecule has 0 saturated heterocycles. The van der Waals surface area contributed by atoms with Gasteiger partial charge in [-0.2, -0.15) is 13.2 Å². The Morgan fingerprint density at radius 3 is 2.32 bits per heavy atom. The van der Waals surface area contributed by atoms with Gasteiger partial charge >= 0.3 is 12.1 Å². The number of fused-ring (bicyclic) bond motifs is 1. The zero-order valence-electron chi connectivity index (χ0n) is 20.0. The minimum Gasteiger partial charge on any atom is -0.497 e. The third-order valence-corrected chi connectivity index (χ3v) is 5.38. The highest BCUT2D eigenvalue weighted by atomic mass is 19.4. The standard InChI is InChI=1S/C28H21F3O6/c1-16-4-5-17(2)22(14-16)36-26-25(33)21-12-11-20(15-23(21)37-27(26)28(29,30)31)35-24(32)13-8-18-6-9-19(34-3)10-7-18/h4-15H,1-3H3. The van der Waals surface area contributed by atoms with E-state index in [1.54, 1.807) is 50.2 Å². The van der Waals surface area contributed by atoms with Crippen LogP contribution >= 0.6 is 0 Å². The van der Waals surface area contributed by atoms with Crippen LogP contribution in [0.25, 0.3) is 17.0 Å². The molecule has 0 aliphatic carbocycles. The van der Waals surface area contributed by atoms with Crippen LogP contribution in [0.2, 0.25) is 0 Å². The van der Waals surface area contributed by atoms with Gasteiger partial charge in [-0.25, -0.2) is 4.79 Å². The Morgan fingerprint density at radius 1 is 0.946 bits per heavy atom. The predicted molar refractivity (Wildman–Crippen MR) is 131 cm³/mol. The molecule has 4 rings (SSSR count). The van der Waals surface area contributed by atoms with Crippen molar-refractivity contribution in [1.82, 2.24) is 0 Å². The van der Waals surface area contributed by atoms with Crippen LogP contribution in [0.15, 0.2) is 76.0 Å². The maximum Gasteiger partial charge on any atom is 0.453 e. The van der Waals surface area contributed by atoms with Crippen molar-refractivity contribution in [1.29, 1.82) is 0 Å². The van der Waals surface area contributed by atoms with Crippen molar-refractivity contribution in [3.63, 3.8) is 0 Å². The molecule has 0 atom stereocenters. The average Bonchev–Trinajstić information content (AvgIpc) is 2.86. The van der Waals surface area contributed by atoms with E-state index in [1.807, 2.05) is 0 Å². The number of rotatable bonds is 6. The molecule has 1 aromatic heterocycles. The van der Waals surface area contributed by atoms with E-state index in [0.29, 0.717) is 16.9 Å². The largest absolute Gasteiger partial charge is 0.497 e. The second kappa shape index (κ2) is 10.2. The summed E-state index contributed by atoms with van der Waals surface area (Å²) in [5.41, 5.74) is 0.574. The van der Waals surface area contributed by atoms with E-state index >= 15 is 0 Å². The number of hydrogen-bond donors (Lipinski definition) is 0. The summed E-state index contributed by atoms with van der Waals surface area (Å²) >= 11 is 0. The maximum absolute atomic E-state index is 13.8. The molecule has 6 nitrogen and oxygen atoms in total. The van der Waals surface area contributed by atoms with Crippen LogP contribution < -0.4 is 19.6 Å². The zero-order chi connectivity index (χ0) is 26.7. The Balaban J connectivity index is 1.65. The second-order valence-corrected chi connectivity index (χ2v) is 8.14. The topological polar surface area (TPSA) is 75.0 Å². The Labute approximate surface area is 209 Å². The first-order valence-electron chi connectivity index (χ1n) is 11.0. The van der Waals surface area contributed by atoms with Gasteiger partial charge in [-0.3, -0.25) is 4.79 Å². The second-order valence-electron chi connectivity index (χ2n) is 8.14. The van der Waals surface area contributed by atoms with Crippen molar-refractivity contribution in [3.05, 3.63) is 99.4 Å². The molecule has 0 amide bonds. The highest BCUT2D eigenvalue weighted by Crippen LogP contribution is 2.39. The number of halogens is 3. The number of esters is 1. The fourth-order valence-electron chi connectivity index (χ4n) is 3.46. The highest BCUT2D eigenvalue weighted by Gasteiger charge is 2.40. The van der Waals surface area contributed by atoms with Crippen molar-refractivity contribution in [2.24, 2.45) is 0 Å². The zero-order valence-corrected chi connectivity index (χ0v) is 20.0. The molecule has 9 heteroatoms. The van der Waals surface area contributed by atoms with E-state index in [1.165, 1.54) is 31.4 Å². The third kappa shape index (κ3) is 5.83. The summed E-state index contributed by atoms with van der Waals surface area (Å²) in [5.74, 6) is -2.68. The minimum atomic E-state index is -5.02. The first-order valence-corrected chi connectivity index (χ1v) is 11.0. The Morgan fingerprint density at radius 2 is 1.65 bits per heavy atom. The molecule has 0 spiro atoms. The Hall–Kier alpha value is -4.53. The molecule has 0 aliphatic rings. The maximum atomic E-state index is 13.8. The highest BCUT2D eigenvalue weighted by molar-refractivity contribution is 5.89. The number of carbonyl (C=O) groups excluding carboxylic acids is 1. The van der Waals surface area contributed by atoms with Crippen LogP contribution in [0, 0.1) is 13.8 Å². The smallest absolute Gasteiger partial charge is 0.453 e. The van der Waals surface area contributed by atoms with Gasteiger partial charge in [-0.1, -0.05) is 24.3 Å². The fourth-order valence-corrected chi connectivity index (χ4v) is 3.46. The monoisotopic (exact) mass is 510 g/mol. The van der Waals surface area contributed by atoms with Crippen LogP contribution in [-0.2, 0) is 11.0 Å². The van der Waals surface area contributed by atoms with Gasteiger partial charge in [0.1, 0.15) is 22.8 Å². The molecule has 0 unspecified atom stereocenters. The van der Waals surface area contributed by atoms with Gasteiger partial charge in [0.25, 0.3) is 5.76 Å². The van der Waals surface area contributed by atoms with Crippen molar-refractivity contribution < 1.29 is 36.6 Å². The molecule has 0 saturated carbocycles. The number of alkyl halides is 3. The summed E-state index contributed by atoms with van der Waals surface area (Å²) in [6.45, 7) is 3.39. The van der Waals surface area contributed by atoms with Gasteiger partial charge in [-0.15, -0.1) is 0 Å². The average molecular weight is 510 g/mol. The molecule has 4 aromatic rings. The number of carbonyl (C=O) groups is 1. The van der Waals surface area contributed by atoms with Crippen LogP contribution in [0.4, 0.5) is 13.2 Å². The molecule has 0 bridgehead atoms. The van der Waals surface area contributed by atoms with Crippen LogP contribution in [0.1, 0.15) is 22.5 Å². The van der Waals surface area contributed by atoms with Crippen molar-refractivity contribution >= 4 is 23.0 Å². The first kappa shape index (κ1) is 25.6.